The number of aryl methyl sites for hydroxylation is 1. The predicted octanol–water partition coefficient (Wildman–Crippen LogP) is 2.22. The van der Waals surface area contributed by atoms with Gasteiger partial charge in [0.05, 0.1) is 0 Å². The van der Waals surface area contributed by atoms with Crippen LogP contribution in [-0.4, -0.2) is 26.7 Å². The first-order valence-electron chi connectivity index (χ1n) is 6.97. The smallest absolute Gasteiger partial charge is 0.222 e. The number of pyridine rings is 1. The van der Waals surface area contributed by atoms with Gasteiger partial charge in [-0.1, -0.05) is 0 Å². The van der Waals surface area contributed by atoms with E-state index < -0.39 is 0 Å². The molecule has 2 aromatic heterocycles. The van der Waals surface area contributed by atoms with Gasteiger partial charge in [-0.05, 0) is 51.7 Å². The van der Waals surface area contributed by atoms with Gasteiger partial charge in [-0.25, -0.2) is 14.6 Å². The van der Waals surface area contributed by atoms with E-state index in [0.29, 0.717) is 18.0 Å². The molecule has 0 spiro atoms. The minimum Gasteiger partial charge on any atom is -0.368 e. The zero-order chi connectivity index (χ0) is 13.6. The molecule has 2 N–H and O–H groups in total. The van der Waals surface area contributed by atoms with Gasteiger partial charge in [0.15, 0.2) is 5.65 Å². The summed E-state index contributed by atoms with van der Waals surface area (Å²) >= 11 is 0. The summed E-state index contributed by atoms with van der Waals surface area (Å²) in [6.07, 6.45) is 5.48. The molecular formula is C14H21N5. The van der Waals surface area contributed by atoms with Gasteiger partial charge in [0, 0.05) is 18.3 Å². The average molecular weight is 259 g/mol. The van der Waals surface area contributed by atoms with Crippen molar-refractivity contribution in [1.82, 2.24) is 14.6 Å². The highest BCUT2D eigenvalue weighted by molar-refractivity contribution is 5.78. The highest BCUT2D eigenvalue weighted by Gasteiger charge is 2.28. The first-order chi connectivity index (χ1) is 9.09. The van der Waals surface area contributed by atoms with Gasteiger partial charge in [0.2, 0.25) is 5.95 Å². The van der Waals surface area contributed by atoms with E-state index in [1.807, 2.05) is 23.9 Å². The largest absolute Gasteiger partial charge is 0.368 e. The predicted molar refractivity (Wildman–Crippen MR) is 77.7 cm³/mol. The highest BCUT2D eigenvalue weighted by atomic mass is 15.6. The Balaban J connectivity index is 2.18. The minimum absolute atomic E-state index is 0.464. The molecule has 2 aromatic rings. The van der Waals surface area contributed by atoms with Crippen molar-refractivity contribution in [2.24, 2.45) is 0 Å². The van der Waals surface area contributed by atoms with Crippen LogP contribution < -0.4 is 10.7 Å². The first-order valence-corrected chi connectivity index (χ1v) is 6.97. The van der Waals surface area contributed by atoms with E-state index in [1.165, 1.54) is 19.3 Å². The summed E-state index contributed by atoms with van der Waals surface area (Å²) in [5.74, 6) is 0.539. The summed E-state index contributed by atoms with van der Waals surface area (Å²) in [5, 5.41) is 2.33. The number of rotatable bonds is 1. The molecule has 5 heteroatoms. The Hall–Kier alpha value is -1.78. The third-order valence-corrected chi connectivity index (χ3v) is 4.13. The van der Waals surface area contributed by atoms with E-state index in [4.69, 9.17) is 5.73 Å². The number of hydrogen-bond acceptors (Lipinski definition) is 4. The Bertz CT molecular complexity index is 593. The topological polar surface area (TPSA) is 60.0 Å². The number of piperidine rings is 1. The van der Waals surface area contributed by atoms with E-state index in [2.05, 4.69) is 28.8 Å². The maximum absolute atomic E-state index is 6.15. The fourth-order valence-corrected chi connectivity index (χ4v) is 3.13. The van der Waals surface area contributed by atoms with Crippen LogP contribution in [0, 0.1) is 6.92 Å². The van der Waals surface area contributed by atoms with Crippen molar-refractivity contribution in [1.29, 1.82) is 0 Å². The van der Waals surface area contributed by atoms with Crippen molar-refractivity contribution in [3.05, 3.63) is 17.8 Å². The van der Waals surface area contributed by atoms with Crippen LogP contribution in [0.3, 0.4) is 0 Å². The van der Waals surface area contributed by atoms with Crippen LogP contribution in [0.5, 0.6) is 0 Å². The average Bonchev–Trinajstić information content (AvgIpc) is 2.68. The summed E-state index contributed by atoms with van der Waals surface area (Å²) in [6.45, 7) is 6.54. The molecule has 2 atom stereocenters. The molecule has 0 bridgehead atoms. The number of hydrogen-bond donors (Lipinski definition) is 1. The van der Waals surface area contributed by atoms with Crippen LogP contribution in [-0.2, 0) is 0 Å². The maximum Gasteiger partial charge on any atom is 0.222 e. The van der Waals surface area contributed by atoms with Crippen LogP contribution in [0.15, 0.2) is 12.3 Å². The zero-order valence-electron chi connectivity index (χ0n) is 11.8. The molecule has 1 fully saturated rings. The SMILES string of the molecule is Cc1ccnc2c1nc(N)n2N1C(C)CCCC1C. The number of nitrogen functional groups attached to an aromatic ring is 1. The summed E-state index contributed by atoms with van der Waals surface area (Å²) in [6, 6.07) is 2.90. The van der Waals surface area contributed by atoms with Crippen LogP contribution in [0.2, 0.25) is 0 Å². The third-order valence-electron chi connectivity index (χ3n) is 4.13. The molecule has 3 rings (SSSR count). The summed E-state index contributed by atoms with van der Waals surface area (Å²) in [5.41, 5.74) is 9.05. The quantitative estimate of drug-likeness (QED) is 0.853. The Morgan fingerprint density at radius 2 is 1.95 bits per heavy atom. The molecule has 2 unspecified atom stereocenters. The molecule has 0 amide bonds. The van der Waals surface area contributed by atoms with Gasteiger partial charge >= 0.3 is 0 Å². The Morgan fingerprint density at radius 3 is 2.63 bits per heavy atom. The number of imidazole rings is 1. The fourth-order valence-electron chi connectivity index (χ4n) is 3.13. The van der Waals surface area contributed by atoms with E-state index in [1.54, 1.807) is 0 Å². The Labute approximate surface area is 113 Å². The lowest BCUT2D eigenvalue weighted by molar-refractivity contribution is 0.342. The van der Waals surface area contributed by atoms with Gasteiger partial charge in [-0.2, -0.15) is 0 Å². The molecule has 3 heterocycles. The molecule has 1 aliphatic rings. The van der Waals surface area contributed by atoms with Crippen LogP contribution in [0.25, 0.3) is 11.2 Å². The Morgan fingerprint density at radius 1 is 1.26 bits per heavy atom. The van der Waals surface area contributed by atoms with Crippen molar-refractivity contribution < 1.29 is 0 Å². The van der Waals surface area contributed by atoms with E-state index in [0.717, 1.165) is 16.7 Å². The summed E-state index contributed by atoms with van der Waals surface area (Å²) < 4.78 is 2.01. The van der Waals surface area contributed by atoms with Crippen molar-refractivity contribution in [3.8, 4) is 0 Å². The van der Waals surface area contributed by atoms with Crippen LogP contribution in [0.1, 0.15) is 38.7 Å². The van der Waals surface area contributed by atoms with Gasteiger partial charge in [0.1, 0.15) is 5.52 Å². The third kappa shape index (κ3) is 1.84. The van der Waals surface area contributed by atoms with E-state index in [9.17, 15) is 0 Å². The number of aromatic nitrogens is 3. The molecule has 1 aliphatic heterocycles. The minimum atomic E-state index is 0.464. The highest BCUT2D eigenvalue weighted by Crippen LogP contribution is 2.26. The number of nitrogens with zero attached hydrogens (tertiary/aromatic N) is 4. The lowest BCUT2D eigenvalue weighted by atomic mass is 10.00. The van der Waals surface area contributed by atoms with Crippen molar-refractivity contribution in [2.75, 3.05) is 10.7 Å². The molecule has 0 aromatic carbocycles. The van der Waals surface area contributed by atoms with E-state index >= 15 is 0 Å². The molecular weight excluding hydrogens is 238 g/mol. The maximum atomic E-state index is 6.15. The molecule has 5 nitrogen and oxygen atoms in total. The molecule has 1 saturated heterocycles. The van der Waals surface area contributed by atoms with Gasteiger partial charge in [-0.15, -0.1) is 0 Å². The van der Waals surface area contributed by atoms with Gasteiger partial charge in [-0.3, -0.25) is 0 Å². The van der Waals surface area contributed by atoms with Crippen molar-refractivity contribution in [3.63, 3.8) is 0 Å². The zero-order valence-corrected chi connectivity index (χ0v) is 11.8. The lowest BCUT2D eigenvalue weighted by Crippen LogP contribution is -2.51. The van der Waals surface area contributed by atoms with Crippen molar-refractivity contribution >= 4 is 17.1 Å². The first kappa shape index (κ1) is 12.3. The summed E-state index contributed by atoms with van der Waals surface area (Å²) in [7, 11) is 0. The molecule has 0 radical (unpaired) electrons. The molecule has 19 heavy (non-hydrogen) atoms. The molecule has 102 valence electrons. The van der Waals surface area contributed by atoms with Gasteiger partial charge in [0.25, 0.3) is 0 Å². The van der Waals surface area contributed by atoms with Crippen LogP contribution in [0.4, 0.5) is 5.95 Å². The number of anilines is 1. The fraction of sp³-hybridized carbons (Fsp3) is 0.571. The second-order valence-electron chi connectivity index (χ2n) is 5.59. The Kier molecular flexibility index (Phi) is 2.84. The standard InChI is InChI=1S/C14H21N5/c1-9-7-8-16-13-12(9)17-14(15)19(13)18-10(2)5-4-6-11(18)3/h7-8,10-11H,4-6H2,1-3H3,(H2,15,17). The van der Waals surface area contributed by atoms with Crippen LogP contribution >= 0.6 is 0 Å². The monoisotopic (exact) mass is 259 g/mol. The molecule has 0 saturated carbocycles. The normalized spacial score (nSPS) is 24.1. The number of nitrogens with two attached hydrogens (primary N) is 1. The van der Waals surface area contributed by atoms with Gasteiger partial charge < -0.3 is 10.7 Å². The second-order valence-corrected chi connectivity index (χ2v) is 5.59. The second kappa shape index (κ2) is 4.40. The molecule has 0 aliphatic carbocycles. The summed E-state index contributed by atoms with van der Waals surface area (Å²) in [4.78, 5) is 8.98. The number of fused-ring (bicyclic) bond motifs is 1. The van der Waals surface area contributed by atoms with Crippen molar-refractivity contribution in [2.45, 2.75) is 52.1 Å². The lowest BCUT2D eigenvalue weighted by Gasteiger charge is -2.41. The van der Waals surface area contributed by atoms with E-state index in [-0.39, 0.29) is 0 Å².